The van der Waals surface area contributed by atoms with E-state index in [-0.39, 0.29) is 22.4 Å². The van der Waals surface area contributed by atoms with Crippen molar-refractivity contribution in [1.82, 2.24) is 5.32 Å². The maximum Gasteiger partial charge on any atom is 0.252 e. The summed E-state index contributed by atoms with van der Waals surface area (Å²) in [6, 6.07) is 14.3. The molecule has 1 unspecified atom stereocenters. The third-order valence-corrected chi connectivity index (χ3v) is 4.39. The van der Waals surface area contributed by atoms with Crippen LogP contribution in [0.1, 0.15) is 28.8 Å². The lowest BCUT2D eigenvalue weighted by molar-refractivity contribution is 0.0952. The Kier molecular flexibility index (Phi) is 5.85. The van der Waals surface area contributed by atoms with Crippen LogP contribution < -0.4 is 10.0 Å². The first-order valence-corrected chi connectivity index (χ1v) is 9.63. The largest absolute Gasteiger partial charge is 0.351 e. The zero-order valence-corrected chi connectivity index (χ0v) is 15.0. The van der Waals surface area contributed by atoms with Gasteiger partial charge in [-0.3, -0.25) is 9.52 Å². The summed E-state index contributed by atoms with van der Waals surface area (Å²) in [5, 5.41) is 3.09. The van der Waals surface area contributed by atoms with Crippen molar-refractivity contribution < 1.29 is 13.2 Å². The molecule has 2 aromatic rings. The minimum Gasteiger partial charge on any atom is -0.351 e. The predicted molar refractivity (Wildman–Crippen MR) is 97.1 cm³/mol. The van der Waals surface area contributed by atoms with Gasteiger partial charge in [-0.1, -0.05) is 48.9 Å². The number of anilines is 1. The number of rotatable bonds is 6. The van der Waals surface area contributed by atoms with E-state index in [9.17, 15) is 13.2 Å². The molecule has 0 aliphatic rings. The summed E-state index contributed by atoms with van der Waals surface area (Å²) in [4.78, 5) is 12.3. The van der Waals surface area contributed by atoms with Gasteiger partial charge in [-0.25, -0.2) is 8.42 Å². The summed E-state index contributed by atoms with van der Waals surface area (Å²) in [6.45, 7) is 2.46. The molecule has 1 amide bonds. The number of benzene rings is 2. The van der Waals surface area contributed by atoms with Gasteiger partial charge in [-0.2, -0.15) is 0 Å². The van der Waals surface area contributed by atoms with E-state index in [0.717, 1.165) is 11.8 Å². The standard InChI is InChI=1S/C17H19ClN2O3S/c1-12(13-6-4-3-5-7-13)11-19-17(21)15-10-14(8-9-16(15)18)20-24(2,22)23/h3-10,12,20H,11H2,1-2H3,(H,19,21). The Bertz CT molecular complexity index is 823. The Hall–Kier alpha value is -2.05. The quantitative estimate of drug-likeness (QED) is 0.824. The van der Waals surface area contributed by atoms with Crippen molar-refractivity contribution in [3.63, 3.8) is 0 Å². The lowest BCUT2D eigenvalue weighted by Gasteiger charge is -2.14. The molecule has 0 radical (unpaired) electrons. The molecule has 0 heterocycles. The van der Waals surface area contributed by atoms with Crippen LogP contribution in [0.2, 0.25) is 5.02 Å². The zero-order chi connectivity index (χ0) is 17.7. The maximum atomic E-state index is 12.3. The molecule has 0 aliphatic carbocycles. The summed E-state index contributed by atoms with van der Waals surface area (Å²) < 4.78 is 24.9. The van der Waals surface area contributed by atoms with Gasteiger partial charge in [-0.05, 0) is 29.7 Å². The van der Waals surface area contributed by atoms with Gasteiger partial charge in [0, 0.05) is 12.2 Å². The molecule has 0 fully saturated rings. The van der Waals surface area contributed by atoms with E-state index in [1.165, 1.54) is 18.2 Å². The van der Waals surface area contributed by atoms with E-state index in [2.05, 4.69) is 10.0 Å². The number of hydrogen-bond acceptors (Lipinski definition) is 3. The maximum absolute atomic E-state index is 12.3. The molecular weight excluding hydrogens is 348 g/mol. The smallest absolute Gasteiger partial charge is 0.252 e. The topological polar surface area (TPSA) is 75.3 Å². The van der Waals surface area contributed by atoms with E-state index in [4.69, 9.17) is 11.6 Å². The Balaban J connectivity index is 2.08. The van der Waals surface area contributed by atoms with Crippen LogP contribution >= 0.6 is 11.6 Å². The van der Waals surface area contributed by atoms with Crippen molar-refractivity contribution in [2.24, 2.45) is 0 Å². The van der Waals surface area contributed by atoms with Gasteiger partial charge in [0.05, 0.1) is 16.8 Å². The summed E-state index contributed by atoms with van der Waals surface area (Å²) in [6.07, 6.45) is 1.04. The molecule has 0 aromatic heterocycles. The number of halogens is 1. The molecule has 24 heavy (non-hydrogen) atoms. The van der Waals surface area contributed by atoms with Crippen LogP contribution in [0, 0.1) is 0 Å². The number of carbonyl (C=O) groups is 1. The minimum atomic E-state index is -3.42. The molecule has 2 aromatic carbocycles. The van der Waals surface area contributed by atoms with Crippen LogP contribution in [0.15, 0.2) is 48.5 Å². The van der Waals surface area contributed by atoms with Gasteiger partial charge in [0.15, 0.2) is 0 Å². The van der Waals surface area contributed by atoms with E-state index < -0.39 is 10.0 Å². The van der Waals surface area contributed by atoms with Crippen molar-refractivity contribution in [1.29, 1.82) is 0 Å². The average molecular weight is 367 g/mol. The van der Waals surface area contributed by atoms with Crippen LogP contribution in [0.4, 0.5) is 5.69 Å². The summed E-state index contributed by atoms with van der Waals surface area (Å²) >= 11 is 6.06. The molecule has 7 heteroatoms. The Labute approximate surface area is 147 Å². The van der Waals surface area contributed by atoms with Crippen LogP contribution in [0.25, 0.3) is 0 Å². The van der Waals surface area contributed by atoms with Crippen molar-refractivity contribution in [3.8, 4) is 0 Å². The van der Waals surface area contributed by atoms with E-state index in [1.54, 1.807) is 0 Å². The molecule has 128 valence electrons. The molecule has 1 atom stereocenters. The summed E-state index contributed by atoms with van der Waals surface area (Å²) in [5.74, 6) is -0.203. The zero-order valence-electron chi connectivity index (χ0n) is 13.4. The fraction of sp³-hybridized carbons (Fsp3) is 0.235. The molecule has 5 nitrogen and oxygen atoms in total. The number of amides is 1. The van der Waals surface area contributed by atoms with Crippen LogP contribution in [0.3, 0.4) is 0 Å². The first-order chi connectivity index (χ1) is 11.3. The van der Waals surface area contributed by atoms with E-state index >= 15 is 0 Å². The highest BCUT2D eigenvalue weighted by atomic mass is 35.5. The first-order valence-electron chi connectivity index (χ1n) is 7.37. The van der Waals surface area contributed by atoms with Crippen molar-refractivity contribution in [3.05, 3.63) is 64.7 Å². The summed E-state index contributed by atoms with van der Waals surface area (Å²) in [7, 11) is -3.42. The second kappa shape index (κ2) is 7.68. The average Bonchev–Trinajstić information content (AvgIpc) is 2.53. The highest BCUT2D eigenvalue weighted by molar-refractivity contribution is 7.92. The predicted octanol–water partition coefficient (Wildman–Crippen LogP) is 3.25. The third kappa shape index (κ3) is 5.25. The van der Waals surface area contributed by atoms with Gasteiger partial charge in [0.2, 0.25) is 10.0 Å². The number of hydrogen-bond donors (Lipinski definition) is 2. The lowest BCUT2D eigenvalue weighted by atomic mass is 10.0. The van der Waals surface area contributed by atoms with Crippen LogP contribution in [-0.2, 0) is 10.0 Å². The monoisotopic (exact) mass is 366 g/mol. The molecule has 0 bridgehead atoms. The van der Waals surface area contributed by atoms with Crippen LogP contribution in [0.5, 0.6) is 0 Å². The SMILES string of the molecule is CC(CNC(=O)c1cc(NS(C)(=O)=O)ccc1Cl)c1ccccc1. The third-order valence-electron chi connectivity index (χ3n) is 3.45. The molecular formula is C17H19ClN2O3S. The number of nitrogens with one attached hydrogen (secondary N) is 2. The Morgan fingerprint density at radius 3 is 2.46 bits per heavy atom. The second-order valence-corrected chi connectivity index (χ2v) is 7.75. The normalized spacial score (nSPS) is 12.5. The van der Waals surface area contributed by atoms with Gasteiger partial charge in [0.25, 0.3) is 5.91 Å². The summed E-state index contributed by atoms with van der Waals surface area (Å²) in [5.41, 5.74) is 1.64. The molecule has 2 N–H and O–H groups in total. The van der Waals surface area contributed by atoms with E-state index in [0.29, 0.717) is 12.2 Å². The highest BCUT2D eigenvalue weighted by Crippen LogP contribution is 2.21. The Morgan fingerprint density at radius 2 is 1.83 bits per heavy atom. The molecule has 2 rings (SSSR count). The van der Waals surface area contributed by atoms with Gasteiger partial charge in [-0.15, -0.1) is 0 Å². The lowest BCUT2D eigenvalue weighted by Crippen LogP contribution is -2.28. The van der Waals surface area contributed by atoms with Crippen molar-refractivity contribution in [2.75, 3.05) is 17.5 Å². The van der Waals surface area contributed by atoms with Gasteiger partial charge >= 0.3 is 0 Å². The fourth-order valence-corrected chi connectivity index (χ4v) is 2.98. The fourth-order valence-electron chi connectivity index (χ4n) is 2.22. The number of sulfonamides is 1. The van der Waals surface area contributed by atoms with Crippen LogP contribution in [-0.4, -0.2) is 27.1 Å². The molecule has 0 aliphatic heterocycles. The molecule has 0 saturated heterocycles. The number of carbonyl (C=O) groups excluding carboxylic acids is 1. The Morgan fingerprint density at radius 1 is 1.17 bits per heavy atom. The van der Waals surface area contributed by atoms with Gasteiger partial charge < -0.3 is 5.32 Å². The minimum absolute atomic E-state index is 0.145. The first kappa shape index (κ1) is 18.3. The van der Waals surface area contributed by atoms with Crippen molar-refractivity contribution in [2.45, 2.75) is 12.8 Å². The van der Waals surface area contributed by atoms with Gasteiger partial charge in [0.1, 0.15) is 0 Å². The molecule has 0 saturated carbocycles. The van der Waals surface area contributed by atoms with Crippen molar-refractivity contribution >= 4 is 33.2 Å². The van der Waals surface area contributed by atoms with E-state index in [1.807, 2.05) is 37.3 Å². The second-order valence-electron chi connectivity index (χ2n) is 5.59. The molecule has 0 spiro atoms. The highest BCUT2D eigenvalue weighted by Gasteiger charge is 2.14.